The average Bonchev–Trinajstić information content (AvgIpc) is 2.92. The van der Waals surface area contributed by atoms with Gasteiger partial charge in [-0.2, -0.15) is 0 Å². The van der Waals surface area contributed by atoms with Crippen molar-refractivity contribution in [2.75, 3.05) is 12.3 Å². The summed E-state index contributed by atoms with van der Waals surface area (Å²) in [6.07, 6.45) is 6.22. The monoisotopic (exact) mass is 331 g/mol. The van der Waals surface area contributed by atoms with Crippen molar-refractivity contribution in [2.45, 2.75) is 25.4 Å². The van der Waals surface area contributed by atoms with Crippen LogP contribution in [0, 0.1) is 0 Å². The first kappa shape index (κ1) is 13.6. The van der Waals surface area contributed by atoms with Gasteiger partial charge >= 0.3 is 0 Å². The van der Waals surface area contributed by atoms with Crippen molar-refractivity contribution in [1.82, 2.24) is 9.88 Å². The van der Waals surface area contributed by atoms with Gasteiger partial charge < -0.3 is 5.73 Å². The minimum Gasteiger partial charge on any atom is -0.398 e. The Labute approximate surface area is 127 Å². The number of halogens is 1. The van der Waals surface area contributed by atoms with Crippen molar-refractivity contribution in [2.24, 2.45) is 0 Å². The topological polar surface area (TPSA) is 42.1 Å². The van der Waals surface area contributed by atoms with Crippen LogP contribution in [0.3, 0.4) is 0 Å². The van der Waals surface area contributed by atoms with Gasteiger partial charge in [-0.25, -0.2) is 0 Å². The molecule has 1 aliphatic rings. The normalized spacial score (nSPS) is 19.4. The van der Waals surface area contributed by atoms with Gasteiger partial charge in [0, 0.05) is 35.1 Å². The van der Waals surface area contributed by atoms with Gasteiger partial charge in [-0.1, -0.05) is 6.07 Å². The van der Waals surface area contributed by atoms with Crippen molar-refractivity contribution in [3.8, 4) is 0 Å². The van der Waals surface area contributed by atoms with Crippen LogP contribution in [-0.2, 0) is 6.54 Å². The van der Waals surface area contributed by atoms with Gasteiger partial charge in [0.2, 0.25) is 0 Å². The molecule has 104 valence electrons. The molecule has 0 spiro atoms. The van der Waals surface area contributed by atoms with E-state index in [9.17, 15) is 0 Å². The smallest absolute Gasteiger partial charge is 0.0461 e. The van der Waals surface area contributed by atoms with Crippen LogP contribution >= 0.6 is 15.9 Å². The highest BCUT2D eigenvalue weighted by molar-refractivity contribution is 9.10. The van der Waals surface area contributed by atoms with Gasteiger partial charge in [0.1, 0.15) is 0 Å². The molecule has 1 fully saturated rings. The molecule has 2 heterocycles. The summed E-state index contributed by atoms with van der Waals surface area (Å²) in [5.41, 5.74) is 9.41. The largest absolute Gasteiger partial charge is 0.398 e. The third-order valence-corrected chi connectivity index (χ3v) is 4.62. The minimum absolute atomic E-state index is 0.503. The minimum atomic E-state index is 0.503. The van der Waals surface area contributed by atoms with Crippen LogP contribution in [0.15, 0.2) is 47.2 Å². The molecule has 0 saturated carbocycles. The first-order valence-corrected chi connectivity index (χ1v) is 7.71. The zero-order valence-electron chi connectivity index (χ0n) is 11.3. The Balaban J connectivity index is 1.77. The van der Waals surface area contributed by atoms with Crippen LogP contribution in [-0.4, -0.2) is 16.4 Å². The van der Waals surface area contributed by atoms with Crippen molar-refractivity contribution in [3.05, 3.63) is 58.3 Å². The highest BCUT2D eigenvalue weighted by atomic mass is 79.9. The Kier molecular flexibility index (Phi) is 4.03. The zero-order valence-corrected chi connectivity index (χ0v) is 12.9. The fourth-order valence-corrected chi connectivity index (χ4v) is 3.15. The summed E-state index contributed by atoms with van der Waals surface area (Å²) in [7, 11) is 0. The van der Waals surface area contributed by atoms with Gasteiger partial charge in [0.25, 0.3) is 0 Å². The molecule has 0 radical (unpaired) electrons. The zero-order chi connectivity index (χ0) is 13.9. The van der Waals surface area contributed by atoms with E-state index >= 15 is 0 Å². The first-order valence-electron chi connectivity index (χ1n) is 6.92. The van der Waals surface area contributed by atoms with Crippen molar-refractivity contribution in [3.63, 3.8) is 0 Å². The molecule has 0 amide bonds. The van der Waals surface area contributed by atoms with Gasteiger partial charge in [-0.3, -0.25) is 9.88 Å². The number of likely N-dealkylation sites (tertiary alicyclic amines) is 1. The lowest BCUT2D eigenvalue weighted by atomic mass is 10.1. The molecule has 1 atom stereocenters. The number of nitrogen functional groups attached to an aromatic ring is 1. The van der Waals surface area contributed by atoms with Gasteiger partial charge in [-0.05, 0) is 70.7 Å². The lowest BCUT2D eigenvalue weighted by Gasteiger charge is -2.25. The number of aromatic nitrogens is 1. The summed E-state index contributed by atoms with van der Waals surface area (Å²) in [4.78, 5) is 6.63. The maximum absolute atomic E-state index is 5.97. The Bertz CT molecular complexity index is 586. The molecule has 2 N–H and O–H groups in total. The van der Waals surface area contributed by atoms with Gasteiger partial charge in [-0.15, -0.1) is 0 Å². The molecule has 4 heteroatoms. The van der Waals surface area contributed by atoms with E-state index in [1.165, 1.54) is 24.0 Å². The summed E-state index contributed by atoms with van der Waals surface area (Å²) < 4.78 is 0.966. The Morgan fingerprint density at radius 3 is 2.80 bits per heavy atom. The molecule has 1 unspecified atom stereocenters. The quantitative estimate of drug-likeness (QED) is 0.870. The van der Waals surface area contributed by atoms with E-state index in [4.69, 9.17) is 5.73 Å². The number of hydrogen-bond donors (Lipinski definition) is 1. The van der Waals surface area contributed by atoms with E-state index in [0.717, 1.165) is 23.2 Å². The molecule has 3 rings (SSSR count). The van der Waals surface area contributed by atoms with E-state index in [-0.39, 0.29) is 0 Å². The van der Waals surface area contributed by atoms with E-state index in [0.29, 0.717) is 6.04 Å². The van der Waals surface area contributed by atoms with E-state index < -0.39 is 0 Å². The van der Waals surface area contributed by atoms with E-state index in [1.807, 2.05) is 18.5 Å². The molecule has 3 nitrogen and oxygen atoms in total. The number of anilines is 1. The second kappa shape index (κ2) is 5.94. The number of hydrogen-bond acceptors (Lipinski definition) is 3. The van der Waals surface area contributed by atoms with E-state index in [1.54, 1.807) is 0 Å². The summed E-state index contributed by atoms with van der Waals surface area (Å²) in [6, 6.07) is 11.0. The molecule has 20 heavy (non-hydrogen) atoms. The van der Waals surface area contributed by atoms with E-state index in [2.05, 4.69) is 50.1 Å². The molecular weight excluding hydrogens is 314 g/mol. The van der Waals surface area contributed by atoms with Crippen molar-refractivity contribution < 1.29 is 0 Å². The maximum atomic E-state index is 5.97. The van der Waals surface area contributed by atoms with Crippen LogP contribution in [0.2, 0.25) is 0 Å². The SMILES string of the molecule is Nc1cc(CN2CCCC2c2ccncc2)ccc1Br. The molecule has 0 aliphatic carbocycles. The standard InChI is InChI=1S/C16H18BrN3/c17-14-4-3-12(10-15(14)18)11-20-9-1-2-16(20)13-5-7-19-8-6-13/h3-8,10,16H,1-2,9,11,18H2. The van der Waals surface area contributed by atoms with Gasteiger partial charge in [0.05, 0.1) is 0 Å². The lowest BCUT2D eigenvalue weighted by Crippen LogP contribution is -2.22. The lowest BCUT2D eigenvalue weighted by molar-refractivity contribution is 0.248. The van der Waals surface area contributed by atoms with Crippen LogP contribution in [0.1, 0.15) is 30.0 Å². The number of pyridine rings is 1. The first-order chi connectivity index (χ1) is 9.74. The average molecular weight is 332 g/mol. The highest BCUT2D eigenvalue weighted by Gasteiger charge is 2.25. The molecule has 1 saturated heterocycles. The fourth-order valence-electron chi connectivity index (χ4n) is 2.90. The molecular formula is C16H18BrN3. The molecule has 1 aliphatic heterocycles. The fraction of sp³-hybridized carbons (Fsp3) is 0.312. The van der Waals surface area contributed by atoms with Crippen LogP contribution in [0.5, 0.6) is 0 Å². The van der Waals surface area contributed by atoms with Crippen LogP contribution < -0.4 is 5.73 Å². The van der Waals surface area contributed by atoms with Crippen LogP contribution in [0.25, 0.3) is 0 Å². The van der Waals surface area contributed by atoms with Crippen molar-refractivity contribution in [1.29, 1.82) is 0 Å². The molecule has 1 aromatic carbocycles. The molecule has 2 aromatic rings. The highest BCUT2D eigenvalue weighted by Crippen LogP contribution is 2.33. The Morgan fingerprint density at radius 2 is 2.05 bits per heavy atom. The summed E-state index contributed by atoms with van der Waals surface area (Å²) >= 11 is 3.45. The summed E-state index contributed by atoms with van der Waals surface area (Å²) in [5, 5.41) is 0. The number of nitrogens with two attached hydrogens (primary N) is 1. The Morgan fingerprint density at radius 1 is 1.25 bits per heavy atom. The van der Waals surface area contributed by atoms with Crippen LogP contribution in [0.4, 0.5) is 5.69 Å². The second-order valence-corrected chi connectivity index (χ2v) is 6.12. The summed E-state index contributed by atoms with van der Waals surface area (Å²) in [5.74, 6) is 0. The van der Waals surface area contributed by atoms with Gasteiger partial charge in [0.15, 0.2) is 0 Å². The third kappa shape index (κ3) is 2.86. The van der Waals surface area contributed by atoms with Crippen molar-refractivity contribution >= 4 is 21.6 Å². The number of nitrogens with zero attached hydrogens (tertiary/aromatic N) is 2. The third-order valence-electron chi connectivity index (χ3n) is 3.90. The number of benzene rings is 1. The predicted molar refractivity (Wildman–Crippen MR) is 85.2 cm³/mol. The summed E-state index contributed by atoms with van der Waals surface area (Å²) in [6.45, 7) is 2.09. The Hall–Kier alpha value is -1.39. The number of rotatable bonds is 3. The predicted octanol–water partition coefficient (Wildman–Crippen LogP) is 3.76. The molecule has 0 bridgehead atoms. The second-order valence-electron chi connectivity index (χ2n) is 5.26. The maximum Gasteiger partial charge on any atom is 0.0461 e. The molecule has 1 aromatic heterocycles.